The van der Waals surface area contributed by atoms with E-state index in [4.69, 9.17) is 5.73 Å². The number of hydrogen-bond donors (Lipinski definition) is 2. The summed E-state index contributed by atoms with van der Waals surface area (Å²) in [5.41, 5.74) is 6.37. The van der Waals surface area contributed by atoms with Crippen molar-refractivity contribution in [1.82, 2.24) is 14.9 Å². The fraction of sp³-hybridized carbons (Fsp3) is 0.333. The van der Waals surface area contributed by atoms with Gasteiger partial charge in [-0.25, -0.2) is 4.98 Å². The van der Waals surface area contributed by atoms with Gasteiger partial charge in [0.1, 0.15) is 5.82 Å². The minimum Gasteiger partial charge on any atom is -0.351 e. The van der Waals surface area contributed by atoms with Crippen LogP contribution in [0.3, 0.4) is 0 Å². The molecule has 0 fully saturated rings. The van der Waals surface area contributed by atoms with Gasteiger partial charge in [0.15, 0.2) is 0 Å². The van der Waals surface area contributed by atoms with E-state index in [1.54, 1.807) is 6.20 Å². The van der Waals surface area contributed by atoms with Crippen molar-refractivity contribution in [3.63, 3.8) is 0 Å². The van der Waals surface area contributed by atoms with Crippen LogP contribution >= 0.6 is 11.3 Å². The summed E-state index contributed by atoms with van der Waals surface area (Å²) in [7, 11) is 1.94. The number of amides is 1. The Morgan fingerprint density at radius 1 is 1.57 bits per heavy atom. The van der Waals surface area contributed by atoms with E-state index < -0.39 is 0 Å². The lowest BCUT2D eigenvalue weighted by molar-refractivity contribution is 0.0958. The summed E-state index contributed by atoms with van der Waals surface area (Å²) in [6.07, 6.45) is 4.35. The van der Waals surface area contributed by atoms with E-state index in [1.807, 2.05) is 30.8 Å². The number of rotatable bonds is 4. The van der Waals surface area contributed by atoms with E-state index in [0.717, 1.165) is 16.3 Å². The predicted octanol–water partition coefficient (Wildman–Crippen LogP) is 1.07. The molecule has 6 heteroatoms. The second-order valence-corrected chi connectivity index (χ2v) is 5.64. The molecule has 2 aromatic rings. The lowest BCUT2D eigenvalue weighted by atomic mass is 10.2. The van der Waals surface area contributed by atoms with Crippen molar-refractivity contribution < 1.29 is 4.79 Å². The molecular weight excluding hydrogens is 284 g/mol. The highest BCUT2D eigenvalue weighted by atomic mass is 32.1. The second kappa shape index (κ2) is 7.07. The topological polar surface area (TPSA) is 72.9 Å². The Labute approximate surface area is 128 Å². The molecule has 0 atom stereocenters. The molecular formula is C15H18N4OS. The van der Waals surface area contributed by atoms with Crippen molar-refractivity contribution in [3.05, 3.63) is 39.6 Å². The molecule has 0 spiro atoms. The fourth-order valence-electron chi connectivity index (χ4n) is 1.86. The van der Waals surface area contributed by atoms with Gasteiger partial charge in [-0.05, 0) is 18.6 Å². The van der Waals surface area contributed by atoms with Crippen LogP contribution in [-0.2, 0) is 13.5 Å². The van der Waals surface area contributed by atoms with Crippen molar-refractivity contribution in [3.8, 4) is 11.8 Å². The Balaban J connectivity index is 1.93. The lowest BCUT2D eigenvalue weighted by Crippen LogP contribution is -2.25. The molecule has 2 aromatic heterocycles. The van der Waals surface area contributed by atoms with E-state index in [1.165, 1.54) is 11.3 Å². The Hall–Kier alpha value is -2.10. The molecule has 0 aliphatic rings. The van der Waals surface area contributed by atoms with Crippen LogP contribution < -0.4 is 11.1 Å². The van der Waals surface area contributed by atoms with Crippen molar-refractivity contribution in [2.24, 2.45) is 12.8 Å². The fourth-order valence-corrected chi connectivity index (χ4v) is 2.83. The minimum absolute atomic E-state index is 0.0712. The largest absolute Gasteiger partial charge is 0.351 e. The lowest BCUT2D eigenvalue weighted by Gasteiger charge is -2.03. The predicted molar refractivity (Wildman–Crippen MR) is 84.2 cm³/mol. The quantitative estimate of drug-likeness (QED) is 0.830. The molecule has 0 radical (unpaired) electrons. The summed E-state index contributed by atoms with van der Waals surface area (Å²) in [5.74, 6) is 6.67. The zero-order chi connectivity index (χ0) is 15.2. The number of imidazole rings is 1. The van der Waals surface area contributed by atoms with Gasteiger partial charge in [-0.1, -0.05) is 11.8 Å². The van der Waals surface area contributed by atoms with Gasteiger partial charge in [0.05, 0.1) is 16.3 Å². The third-order valence-corrected chi connectivity index (χ3v) is 4.15. The monoisotopic (exact) mass is 302 g/mol. The van der Waals surface area contributed by atoms with Crippen molar-refractivity contribution in [2.75, 3.05) is 13.1 Å². The van der Waals surface area contributed by atoms with Crippen LogP contribution in [0.15, 0.2) is 18.5 Å². The Bertz CT molecular complexity index is 690. The van der Waals surface area contributed by atoms with E-state index in [0.29, 0.717) is 24.4 Å². The summed E-state index contributed by atoms with van der Waals surface area (Å²) in [6, 6.07) is 1.86. The molecule has 21 heavy (non-hydrogen) atoms. The standard InChI is InChI=1S/C15H18N4OS/c1-11-10-13(21-12(11)4-3-6-16)15(20)18-7-5-14-17-8-9-19(14)2/h8-10H,5-7,16H2,1-2H3,(H,18,20). The van der Waals surface area contributed by atoms with Crippen LogP contribution in [0.5, 0.6) is 0 Å². The van der Waals surface area contributed by atoms with Gasteiger partial charge in [-0.3, -0.25) is 4.79 Å². The molecule has 0 aliphatic heterocycles. The normalized spacial score (nSPS) is 10.0. The third kappa shape index (κ3) is 3.94. The summed E-state index contributed by atoms with van der Waals surface area (Å²) in [5, 5.41) is 2.91. The smallest absolute Gasteiger partial charge is 0.261 e. The van der Waals surface area contributed by atoms with Gasteiger partial charge >= 0.3 is 0 Å². The SMILES string of the molecule is Cc1cc(C(=O)NCCc2nccn2C)sc1C#CCN. The molecule has 0 saturated carbocycles. The summed E-state index contributed by atoms with van der Waals surface area (Å²) in [4.78, 5) is 17.9. The van der Waals surface area contributed by atoms with E-state index >= 15 is 0 Å². The number of carbonyl (C=O) groups excluding carboxylic acids is 1. The summed E-state index contributed by atoms with van der Waals surface area (Å²) in [6.45, 7) is 2.83. The molecule has 3 N–H and O–H groups in total. The average molecular weight is 302 g/mol. The molecule has 0 unspecified atom stereocenters. The number of thiophene rings is 1. The molecule has 0 aromatic carbocycles. The van der Waals surface area contributed by atoms with Crippen molar-refractivity contribution >= 4 is 17.2 Å². The highest BCUT2D eigenvalue weighted by molar-refractivity contribution is 7.14. The zero-order valence-electron chi connectivity index (χ0n) is 12.1. The number of carbonyl (C=O) groups is 1. The van der Waals surface area contributed by atoms with Gasteiger partial charge < -0.3 is 15.6 Å². The Morgan fingerprint density at radius 2 is 2.38 bits per heavy atom. The number of nitrogens with two attached hydrogens (primary N) is 1. The first-order chi connectivity index (χ1) is 10.1. The van der Waals surface area contributed by atoms with E-state index in [9.17, 15) is 4.79 Å². The van der Waals surface area contributed by atoms with Crippen LogP contribution in [0.2, 0.25) is 0 Å². The van der Waals surface area contributed by atoms with Gasteiger partial charge in [0.25, 0.3) is 5.91 Å². The van der Waals surface area contributed by atoms with Gasteiger partial charge in [-0.2, -0.15) is 0 Å². The first kappa shape index (κ1) is 15.3. The van der Waals surface area contributed by atoms with Gasteiger partial charge in [0.2, 0.25) is 0 Å². The highest BCUT2D eigenvalue weighted by Gasteiger charge is 2.11. The number of hydrogen-bond acceptors (Lipinski definition) is 4. The van der Waals surface area contributed by atoms with Crippen LogP contribution in [0.25, 0.3) is 0 Å². The highest BCUT2D eigenvalue weighted by Crippen LogP contribution is 2.20. The summed E-state index contributed by atoms with van der Waals surface area (Å²) < 4.78 is 1.95. The van der Waals surface area contributed by atoms with Crippen LogP contribution in [0.4, 0.5) is 0 Å². The van der Waals surface area contributed by atoms with Crippen LogP contribution in [0, 0.1) is 18.8 Å². The second-order valence-electron chi connectivity index (χ2n) is 4.59. The number of nitrogens with zero attached hydrogens (tertiary/aromatic N) is 2. The maximum absolute atomic E-state index is 12.1. The molecule has 5 nitrogen and oxygen atoms in total. The molecule has 0 bridgehead atoms. The molecule has 110 valence electrons. The number of nitrogens with one attached hydrogen (secondary N) is 1. The first-order valence-electron chi connectivity index (χ1n) is 6.65. The summed E-state index contributed by atoms with van der Waals surface area (Å²) >= 11 is 1.40. The molecule has 2 rings (SSSR count). The van der Waals surface area contributed by atoms with Crippen molar-refractivity contribution in [2.45, 2.75) is 13.3 Å². The van der Waals surface area contributed by atoms with E-state index in [-0.39, 0.29) is 5.91 Å². The third-order valence-electron chi connectivity index (χ3n) is 3.00. The zero-order valence-corrected chi connectivity index (χ0v) is 13.0. The minimum atomic E-state index is -0.0712. The molecule has 0 saturated heterocycles. The van der Waals surface area contributed by atoms with E-state index in [2.05, 4.69) is 22.1 Å². The average Bonchev–Trinajstić information content (AvgIpc) is 3.03. The maximum Gasteiger partial charge on any atom is 0.261 e. The molecule has 1 amide bonds. The van der Waals surface area contributed by atoms with Gasteiger partial charge in [-0.15, -0.1) is 11.3 Å². The van der Waals surface area contributed by atoms with Crippen LogP contribution in [0.1, 0.15) is 25.9 Å². The van der Waals surface area contributed by atoms with Crippen LogP contribution in [-0.4, -0.2) is 28.5 Å². The van der Waals surface area contributed by atoms with Crippen molar-refractivity contribution in [1.29, 1.82) is 0 Å². The Morgan fingerprint density at radius 3 is 3.05 bits per heavy atom. The first-order valence-corrected chi connectivity index (χ1v) is 7.47. The number of aromatic nitrogens is 2. The van der Waals surface area contributed by atoms with Gasteiger partial charge in [0, 0.05) is 32.4 Å². The number of aryl methyl sites for hydroxylation is 2. The molecule has 2 heterocycles. The Kier molecular flexibility index (Phi) is 5.14. The molecule has 0 aliphatic carbocycles. The maximum atomic E-state index is 12.1.